The lowest BCUT2D eigenvalue weighted by molar-refractivity contribution is -0.143. The van der Waals surface area contributed by atoms with Gasteiger partial charge in [0.15, 0.2) is 5.96 Å². The monoisotopic (exact) mass is 522 g/mol. The summed E-state index contributed by atoms with van der Waals surface area (Å²) in [6.07, 6.45) is 1.91. The van der Waals surface area contributed by atoms with Crippen molar-refractivity contribution in [1.29, 1.82) is 0 Å². The van der Waals surface area contributed by atoms with Gasteiger partial charge in [-0.1, -0.05) is 0 Å². The third-order valence-corrected chi connectivity index (χ3v) is 5.39. The number of aliphatic imine (C=N–C) groups is 1. The van der Waals surface area contributed by atoms with E-state index in [1.807, 2.05) is 6.26 Å². The largest absolute Gasteiger partial charge is 0.480 e. The fraction of sp³-hybridized carbons (Fsp3) is 0.667. The topological polar surface area (TPSA) is 258 Å². The minimum Gasteiger partial charge on any atom is -0.480 e. The first-order valence-electron chi connectivity index (χ1n) is 10.3. The molecule has 0 radical (unpaired) electrons. The molecule has 0 saturated carbocycles. The van der Waals surface area contributed by atoms with Crippen LogP contribution in [-0.2, 0) is 24.0 Å². The molecule has 34 heavy (non-hydrogen) atoms. The van der Waals surface area contributed by atoms with Crippen LogP contribution < -0.4 is 38.9 Å². The third-order valence-electron chi connectivity index (χ3n) is 4.38. The summed E-state index contributed by atoms with van der Waals surface area (Å²) >= 11 is 5.59. The van der Waals surface area contributed by atoms with E-state index in [1.54, 1.807) is 0 Å². The van der Waals surface area contributed by atoms with Gasteiger partial charge in [0.05, 0.1) is 12.5 Å². The van der Waals surface area contributed by atoms with E-state index in [2.05, 4.69) is 33.6 Å². The van der Waals surface area contributed by atoms with Crippen LogP contribution in [0.25, 0.3) is 0 Å². The number of amides is 4. The summed E-state index contributed by atoms with van der Waals surface area (Å²) in [5.74, 6) is -4.15. The Morgan fingerprint density at radius 3 is 2.00 bits per heavy atom. The van der Waals surface area contributed by atoms with Crippen LogP contribution >= 0.6 is 24.4 Å². The summed E-state index contributed by atoms with van der Waals surface area (Å²) < 4.78 is 0. The molecule has 0 fully saturated rings. The molecule has 0 bridgehead atoms. The maximum absolute atomic E-state index is 12.7. The number of aliphatic carboxylic acids is 1. The zero-order valence-electron chi connectivity index (χ0n) is 18.9. The van der Waals surface area contributed by atoms with Crippen molar-refractivity contribution in [1.82, 2.24) is 16.0 Å². The van der Waals surface area contributed by atoms with E-state index in [1.165, 1.54) is 11.8 Å². The molecule has 4 amide bonds. The molecule has 0 spiro atoms. The molecule has 12 N–H and O–H groups in total. The molecule has 4 atom stereocenters. The number of carbonyl (C=O) groups is 5. The molecular weight excluding hydrogens is 488 g/mol. The van der Waals surface area contributed by atoms with Gasteiger partial charge in [-0.25, -0.2) is 4.79 Å². The third kappa shape index (κ3) is 13.1. The molecular formula is C18H34N8O6S2. The summed E-state index contributed by atoms with van der Waals surface area (Å²) in [7, 11) is 0. The van der Waals surface area contributed by atoms with Crippen LogP contribution in [0.4, 0.5) is 0 Å². The fourth-order valence-corrected chi connectivity index (χ4v) is 3.31. The number of carboxylic acids is 1. The Hall–Kier alpha value is -2.72. The van der Waals surface area contributed by atoms with E-state index in [4.69, 9.17) is 22.9 Å². The van der Waals surface area contributed by atoms with Crippen molar-refractivity contribution in [2.45, 2.75) is 49.9 Å². The molecule has 14 nitrogen and oxygen atoms in total. The quantitative estimate of drug-likeness (QED) is 0.0393. The molecule has 0 heterocycles. The zero-order valence-corrected chi connectivity index (χ0v) is 20.6. The minimum atomic E-state index is -1.59. The van der Waals surface area contributed by atoms with Crippen LogP contribution in [0.1, 0.15) is 25.7 Å². The van der Waals surface area contributed by atoms with Gasteiger partial charge in [-0.05, 0) is 31.3 Å². The first-order valence-corrected chi connectivity index (χ1v) is 12.3. The molecule has 0 aromatic heterocycles. The summed E-state index contributed by atoms with van der Waals surface area (Å²) in [5, 5.41) is 16.3. The van der Waals surface area contributed by atoms with Crippen LogP contribution in [0, 0.1) is 0 Å². The van der Waals surface area contributed by atoms with Gasteiger partial charge in [0, 0.05) is 12.3 Å². The highest BCUT2D eigenvalue weighted by atomic mass is 32.2. The predicted molar refractivity (Wildman–Crippen MR) is 132 cm³/mol. The highest BCUT2D eigenvalue weighted by Gasteiger charge is 2.30. The van der Waals surface area contributed by atoms with Crippen LogP contribution in [0.3, 0.4) is 0 Å². The first-order chi connectivity index (χ1) is 15.9. The average Bonchev–Trinajstić information content (AvgIpc) is 2.76. The zero-order chi connectivity index (χ0) is 26.3. The molecule has 4 unspecified atom stereocenters. The number of nitrogens with two attached hydrogens (primary N) is 4. The summed E-state index contributed by atoms with van der Waals surface area (Å²) in [6, 6.07) is -4.74. The van der Waals surface area contributed by atoms with Gasteiger partial charge in [-0.2, -0.15) is 24.4 Å². The van der Waals surface area contributed by atoms with Gasteiger partial charge in [0.25, 0.3) is 0 Å². The van der Waals surface area contributed by atoms with E-state index in [-0.39, 0.29) is 31.1 Å². The van der Waals surface area contributed by atoms with Crippen molar-refractivity contribution in [2.75, 3.05) is 24.3 Å². The fourth-order valence-electron chi connectivity index (χ4n) is 2.57. The van der Waals surface area contributed by atoms with E-state index < -0.39 is 60.2 Å². The Bertz CT molecular complexity index is 750. The molecule has 0 aliphatic carbocycles. The van der Waals surface area contributed by atoms with E-state index in [9.17, 15) is 29.1 Å². The summed E-state index contributed by atoms with van der Waals surface area (Å²) in [5.41, 5.74) is 21.4. The highest BCUT2D eigenvalue weighted by molar-refractivity contribution is 7.98. The second-order valence-corrected chi connectivity index (χ2v) is 8.56. The summed E-state index contributed by atoms with van der Waals surface area (Å²) in [6.45, 7) is 0.142. The van der Waals surface area contributed by atoms with Crippen molar-refractivity contribution in [2.24, 2.45) is 27.9 Å². The van der Waals surface area contributed by atoms with Crippen molar-refractivity contribution in [3.05, 3.63) is 0 Å². The second kappa shape index (κ2) is 16.8. The number of primary amides is 1. The van der Waals surface area contributed by atoms with Gasteiger partial charge in [0.1, 0.15) is 18.1 Å². The van der Waals surface area contributed by atoms with Crippen LogP contribution in [0.15, 0.2) is 4.99 Å². The van der Waals surface area contributed by atoms with E-state index in [0.29, 0.717) is 12.2 Å². The van der Waals surface area contributed by atoms with Crippen LogP contribution in [0.2, 0.25) is 0 Å². The molecule has 194 valence electrons. The number of hydrogen-bond donors (Lipinski definition) is 9. The predicted octanol–water partition coefficient (Wildman–Crippen LogP) is -3.54. The summed E-state index contributed by atoms with van der Waals surface area (Å²) in [4.78, 5) is 63.9. The Balaban J connectivity index is 5.38. The molecule has 0 saturated heterocycles. The number of carboxylic acid groups (broad SMARTS) is 1. The molecule has 0 aromatic rings. The lowest BCUT2D eigenvalue weighted by Gasteiger charge is -2.24. The standard InChI is InChI=1S/C18H34N8O6S2/c1-34-6-4-9(19)14(28)26-12(8-33)16(30)24-10(3-2-5-23-18(21)22)15(29)25-11(17(31)32)7-13(20)27/h9-12,33H,2-8,19H2,1H3,(H2,20,27)(H,24,30)(H,25,29)(H,26,28)(H,31,32)(H4,21,22,23). The lowest BCUT2D eigenvalue weighted by Crippen LogP contribution is -2.57. The molecule has 16 heteroatoms. The molecule has 0 rings (SSSR count). The van der Waals surface area contributed by atoms with Crippen molar-refractivity contribution in [3.8, 4) is 0 Å². The lowest BCUT2D eigenvalue weighted by atomic mass is 10.1. The van der Waals surface area contributed by atoms with Crippen molar-refractivity contribution in [3.63, 3.8) is 0 Å². The van der Waals surface area contributed by atoms with Crippen LogP contribution in [-0.4, -0.2) is 89.1 Å². The number of rotatable bonds is 17. The smallest absolute Gasteiger partial charge is 0.326 e. The number of thioether (sulfide) groups is 1. The van der Waals surface area contributed by atoms with Gasteiger partial charge in [-0.3, -0.25) is 24.2 Å². The van der Waals surface area contributed by atoms with E-state index in [0.717, 1.165) is 0 Å². The molecule has 0 aromatic carbocycles. The Kier molecular flexibility index (Phi) is 15.5. The van der Waals surface area contributed by atoms with Crippen LogP contribution in [0.5, 0.6) is 0 Å². The maximum atomic E-state index is 12.7. The van der Waals surface area contributed by atoms with Crippen molar-refractivity contribution >= 4 is 59.9 Å². The number of thiol groups is 1. The van der Waals surface area contributed by atoms with Gasteiger partial charge in [-0.15, -0.1) is 0 Å². The SMILES string of the molecule is CSCCC(N)C(=O)NC(CS)C(=O)NC(CCCN=C(N)N)C(=O)NC(CC(N)=O)C(=O)O. The normalized spacial score (nSPS) is 14.1. The Labute approximate surface area is 207 Å². The molecule has 0 aliphatic rings. The van der Waals surface area contributed by atoms with Gasteiger partial charge >= 0.3 is 5.97 Å². The maximum Gasteiger partial charge on any atom is 0.326 e. The Morgan fingerprint density at radius 1 is 0.941 bits per heavy atom. The average molecular weight is 523 g/mol. The van der Waals surface area contributed by atoms with Crippen molar-refractivity contribution < 1.29 is 29.1 Å². The number of nitrogens with one attached hydrogen (secondary N) is 3. The number of carbonyl (C=O) groups excluding carboxylic acids is 4. The first kappa shape index (κ1) is 31.3. The Morgan fingerprint density at radius 2 is 1.50 bits per heavy atom. The number of hydrogen-bond acceptors (Lipinski definition) is 9. The second-order valence-electron chi connectivity index (χ2n) is 7.21. The number of nitrogens with zero attached hydrogens (tertiary/aromatic N) is 1. The number of guanidine groups is 1. The van der Waals surface area contributed by atoms with E-state index >= 15 is 0 Å². The van der Waals surface area contributed by atoms with Gasteiger partial charge < -0.3 is 44.0 Å². The highest BCUT2D eigenvalue weighted by Crippen LogP contribution is 2.04. The van der Waals surface area contributed by atoms with Gasteiger partial charge in [0.2, 0.25) is 23.6 Å². The molecule has 0 aliphatic heterocycles. The minimum absolute atomic E-state index is 0.0255.